The van der Waals surface area contributed by atoms with Crippen LogP contribution in [0.25, 0.3) is 0 Å². The number of benzene rings is 1. The van der Waals surface area contributed by atoms with Gasteiger partial charge in [0.15, 0.2) is 17.5 Å². The summed E-state index contributed by atoms with van der Waals surface area (Å²) < 4.78 is 21.9. The number of nitrogens with zero attached hydrogens (tertiary/aromatic N) is 2. The van der Waals surface area contributed by atoms with Gasteiger partial charge in [-0.3, -0.25) is 9.69 Å². The zero-order chi connectivity index (χ0) is 20.5. The van der Waals surface area contributed by atoms with Gasteiger partial charge in [0.05, 0.1) is 27.9 Å². The maximum atomic E-state index is 13.5. The molecule has 0 aromatic heterocycles. The molecule has 1 N–H and O–H groups in total. The molecule has 2 saturated heterocycles. The van der Waals surface area contributed by atoms with E-state index in [0.29, 0.717) is 43.2 Å². The van der Waals surface area contributed by atoms with Crippen molar-refractivity contribution >= 4 is 11.9 Å². The predicted molar refractivity (Wildman–Crippen MR) is 99.1 cm³/mol. The van der Waals surface area contributed by atoms with Gasteiger partial charge in [-0.1, -0.05) is 0 Å². The Morgan fingerprint density at radius 1 is 1.11 bits per heavy atom. The summed E-state index contributed by atoms with van der Waals surface area (Å²) in [5.41, 5.74) is -0.669. The van der Waals surface area contributed by atoms with E-state index >= 15 is 0 Å². The molecule has 9 nitrogen and oxygen atoms in total. The number of carboxylic acids is 1. The highest BCUT2D eigenvalue weighted by Crippen LogP contribution is 2.42. The molecule has 0 aliphatic carbocycles. The topological polar surface area (TPSA) is 97.8 Å². The molecule has 0 saturated carbocycles. The van der Waals surface area contributed by atoms with Gasteiger partial charge in [0.25, 0.3) is 5.91 Å². The number of carbonyl (C=O) groups excluding carboxylic acids is 1. The van der Waals surface area contributed by atoms with Crippen molar-refractivity contribution in [3.8, 4) is 17.2 Å². The van der Waals surface area contributed by atoms with Crippen molar-refractivity contribution in [2.45, 2.75) is 24.6 Å². The molecule has 1 atom stereocenters. The maximum absolute atomic E-state index is 13.5. The molecule has 1 aromatic rings. The van der Waals surface area contributed by atoms with Crippen LogP contribution < -0.4 is 14.2 Å². The molecule has 1 amide bonds. The van der Waals surface area contributed by atoms with Gasteiger partial charge >= 0.3 is 5.97 Å². The van der Waals surface area contributed by atoms with Gasteiger partial charge in [-0.25, -0.2) is 4.79 Å². The normalized spacial score (nSPS) is 21.6. The van der Waals surface area contributed by atoms with E-state index in [0.717, 1.165) is 0 Å². The van der Waals surface area contributed by atoms with Gasteiger partial charge in [-0.05, 0) is 19.2 Å². The molecule has 0 bridgehead atoms. The van der Waals surface area contributed by atoms with Crippen molar-refractivity contribution < 1.29 is 33.6 Å². The summed E-state index contributed by atoms with van der Waals surface area (Å²) in [5, 5.41) is 9.68. The molecule has 1 aromatic carbocycles. The van der Waals surface area contributed by atoms with E-state index in [4.69, 9.17) is 18.9 Å². The van der Waals surface area contributed by atoms with E-state index in [9.17, 15) is 14.7 Å². The highest BCUT2D eigenvalue weighted by atomic mass is 16.5. The average molecular weight is 394 g/mol. The third-order valence-electron chi connectivity index (χ3n) is 5.44. The highest BCUT2D eigenvalue weighted by Gasteiger charge is 2.53. The standard InChI is InChI=1S/C19H26N2O7/c1-20-7-5-19(6-8-20)21(13(11-28-19)18(23)24)17(22)12-9-14(25-2)16(27-4)15(10-12)26-3/h9-10,13H,5-8,11H2,1-4H3,(H,23,24). The molecule has 154 valence electrons. The molecular formula is C19H26N2O7. The number of aliphatic carboxylic acids is 1. The van der Waals surface area contributed by atoms with Crippen molar-refractivity contribution in [3.63, 3.8) is 0 Å². The minimum Gasteiger partial charge on any atom is -0.493 e. The van der Waals surface area contributed by atoms with Crippen LogP contribution in [-0.2, 0) is 9.53 Å². The molecule has 1 spiro atoms. The summed E-state index contributed by atoms with van der Waals surface area (Å²) in [7, 11) is 6.39. The number of piperidine rings is 1. The second-order valence-corrected chi connectivity index (χ2v) is 7.00. The number of hydrogen-bond donors (Lipinski definition) is 1. The molecule has 2 aliphatic rings. The summed E-state index contributed by atoms with van der Waals surface area (Å²) >= 11 is 0. The highest BCUT2D eigenvalue weighted by molar-refractivity contribution is 5.98. The molecule has 28 heavy (non-hydrogen) atoms. The van der Waals surface area contributed by atoms with Gasteiger partial charge < -0.3 is 29.0 Å². The third-order valence-corrected chi connectivity index (χ3v) is 5.44. The molecule has 1 unspecified atom stereocenters. The van der Waals surface area contributed by atoms with Crippen molar-refractivity contribution in [1.29, 1.82) is 0 Å². The van der Waals surface area contributed by atoms with E-state index < -0.39 is 23.6 Å². The van der Waals surface area contributed by atoms with Crippen LogP contribution in [0.1, 0.15) is 23.2 Å². The fourth-order valence-corrected chi connectivity index (χ4v) is 3.87. The molecule has 2 aliphatic heterocycles. The first kappa shape index (κ1) is 20.2. The second kappa shape index (κ2) is 7.84. The second-order valence-electron chi connectivity index (χ2n) is 7.00. The van der Waals surface area contributed by atoms with Crippen LogP contribution in [0, 0.1) is 0 Å². The van der Waals surface area contributed by atoms with Crippen LogP contribution in [0.4, 0.5) is 0 Å². The average Bonchev–Trinajstić information content (AvgIpc) is 3.07. The van der Waals surface area contributed by atoms with Gasteiger partial charge in [-0.15, -0.1) is 0 Å². The van der Waals surface area contributed by atoms with Crippen LogP contribution in [0.3, 0.4) is 0 Å². The number of amides is 1. The number of hydrogen-bond acceptors (Lipinski definition) is 7. The van der Waals surface area contributed by atoms with E-state index in [2.05, 4.69) is 4.90 Å². The fourth-order valence-electron chi connectivity index (χ4n) is 3.87. The number of methoxy groups -OCH3 is 3. The van der Waals surface area contributed by atoms with Crippen molar-refractivity contribution in [1.82, 2.24) is 9.80 Å². The first-order valence-electron chi connectivity index (χ1n) is 9.06. The minimum atomic E-state index is -1.09. The first-order valence-corrected chi connectivity index (χ1v) is 9.06. The van der Waals surface area contributed by atoms with E-state index in [1.165, 1.54) is 38.4 Å². The maximum Gasteiger partial charge on any atom is 0.328 e. The Labute approximate surface area is 163 Å². The van der Waals surface area contributed by atoms with Crippen molar-refractivity contribution in [2.24, 2.45) is 0 Å². The largest absolute Gasteiger partial charge is 0.493 e. The zero-order valence-electron chi connectivity index (χ0n) is 16.6. The lowest BCUT2D eigenvalue weighted by Gasteiger charge is -2.43. The lowest BCUT2D eigenvalue weighted by molar-refractivity contribution is -0.143. The van der Waals surface area contributed by atoms with Gasteiger partial charge in [-0.2, -0.15) is 0 Å². The van der Waals surface area contributed by atoms with Gasteiger partial charge in [0, 0.05) is 31.5 Å². The monoisotopic (exact) mass is 394 g/mol. The summed E-state index contributed by atoms with van der Waals surface area (Å²) in [4.78, 5) is 28.8. The summed E-state index contributed by atoms with van der Waals surface area (Å²) in [5.74, 6) is -0.502. The van der Waals surface area contributed by atoms with Crippen LogP contribution in [-0.4, -0.2) is 86.6 Å². The number of carboxylic acid groups (broad SMARTS) is 1. The molecule has 2 fully saturated rings. The number of carbonyl (C=O) groups is 2. The smallest absolute Gasteiger partial charge is 0.328 e. The lowest BCUT2D eigenvalue weighted by atomic mass is 9.97. The molecule has 2 heterocycles. The Morgan fingerprint density at radius 2 is 1.68 bits per heavy atom. The lowest BCUT2D eigenvalue weighted by Crippen LogP contribution is -2.57. The van der Waals surface area contributed by atoms with E-state index in [1.54, 1.807) is 0 Å². The Morgan fingerprint density at radius 3 is 2.14 bits per heavy atom. The molecule has 0 radical (unpaired) electrons. The SMILES string of the molecule is COc1cc(C(=O)N2C(C(=O)O)COC23CCN(C)CC3)cc(OC)c1OC. The molecule has 9 heteroatoms. The summed E-state index contributed by atoms with van der Waals surface area (Å²) in [6, 6.07) is 2.02. The first-order chi connectivity index (χ1) is 13.4. The predicted octanol–water partition coefficient (Wildman–Crippen LogP) is 1.06. The Balaban J connectivity index is 2.03. The number of likely N-dealkylation sites (tertiary alicyclic amines) is 1. The van der Waals surface area contributed by atoms with Crippen molar-refractivity contribution in [2.75, 3.05) is 48.1 Å². The number of rotatable bonds is 5. The van der Waals surface area contributed by atoms with Gasteiger partial charge in [0.2, 0.25) is 5.75 Å². The number of ether oxygens (including phenoxy) is 4. The van der Waals surface area contributed by atoms with Crippen molar-refractivity contribution in [3.05, 3.63) is 17.7 Å². The summed E-state index contributed by atoms with van der Waals surface area (Å²) in [6.07, 6.45) is 1.09. The van der Waals surface area contributed by atoms with Crippen LogP contribution >= 0.6 is 0 Å². The van der Waals surface area contributed by atoms with E-state index in [-0.39, 0.29) is 12.2 Å². The Hall–Kier alpha value is -2.52. The Bertz CT molecular complexity index is 734. The van der Waals surface area contributed by atoms with Crippen LogP contribution in [0.5, 0.6) is 17.2 Å². The van der Waals surface area contributed by atoms with Crippen LogP contribution in [0.2, 0.25) is 0 Å². The minimum absolute atomic E-state index is 0.0325. The Kier molecular flexibility index (Phi) is 5.66. The van der Waals surface area contributed by atoms with Gasteiger partial charge in [0.1, 0.15) is 5.72 Å². The van der Waals surface area contributed by atoms with Crippen LogP contribution in [0.15, 0.2) is 12.1 Å². The fraction of sp³-hybridized carbons (Fsp3) is 0.579. The quantitative estimate of drug-likeness (QED) is 0.792. The van der Waals surface area contributed by atoms with E-state index in [1.807, 2.05) is 7.05 Å². The molecular weight excluding hydrogens is 368 g/mol. The molecule has 3 rings (SSSR count). The third kappa shape index (κ3) is 3.35. The zero-order valence-corrected chi connectivity index (χ0v) is 16.6. The summed E-state index contributed by atoms with van der Waals surface area (Å²) in [6.45, 7) is 1.39.